The number of hydrogen-bond donors (Lipinski definition) is 3. The maximum Gasteiger partial charge on any atom is 0.253 e. The highest BCUT2D eigenvalue weighted by Gasteiger charge is 2.34. The molecule has 0 heterocycles. The Balaban J connectivity index is 2.06. The van der Waals surface area contributed by atoms with Crippen molar-refractivity contribution in [3.8, 4) is 0 Å². The number of benzene rings is 2. The van der Waals surface area contributed by atoms with E-state index >= 15 is 0 Å². The molecule has 28 heavy (non-hydrogen) atoms. The minimum atomic E-state index is -1.86. The zero-order valence-electron chi connectivity index (χ0n) is 14.4. The lowest BCUT2D eigenvalue weighted by Crippen LogP contribution is -2.56. The van der Waals surface area contributed by atoms with Gasteiger partial charge in [0, 0.05) is 20.4 Å². The van der Waals surface area contributed by atoms with Crippen LogP contribution >= 0.6 is 69.6 Å². The Morgan fingerprint density at radius 3 is 2.21 bits per heavy atom. The molecule has 2 aromatic rings. The predicted octanol–water partition coefficient (Wildman–Crippen LogP) is 4.91. The minimum absolute atomic E-state index is 0.0400. The fourth-order valence-corrected chi connectivity index (χ4v) is 3.24. The number of halogens is 4. The highest BCUT2D eigenvalue weighted by Crippen LogP contribution is 2.29. The van der Waals surface area contributed by atoms with Crippen molar-refractivity contribution in [3.05, 3.63) is 63.2 Å². The van der Waals surface area contributed by atoms with Gasteiger partial charge in [0.15, 0.2) is 10.9 Å². The average Bonchev–Trinajstić information content (AvgIpc) is 2.60. The highest BCUT2D eigenvalue weighted by atomic mass is 127. The molecule has 0 radical (unpaired) electrons. The van der Waals surface area contributed by atoms with Gasteiger partial charge in [0.25, 0.3) is 5.91 Å². The molecule has 0 aliphatic heterocycles. The van der Waals surface area contributed by atoms with Gasteiger partial charge in [0.2, 0.25) is 3.79 Å². The van der Waals surface area contributed by atoms with Gasteiger partial charge in [-0.2, -0.15) is 0 Å². The number of alkyl halides is 3. The minimum Gasteiger partial charge on any atom is -0.339 e. The number of hydrogen-bond acceptors (Lipinski definition) is 3. The maximum absolute atomic E-state index is 12.5. The monoisotopic (exact) mass is 569 g/mol. The number of ketones is 1. The molecule has 10 heteroatoms. The van der Waals surface area contributed by atoms with Gasteiger partial charge < -0.3 is 16.0 Å². The maximum atomic E-state index is 12.5. The van der Waals surface area contributed by atoms with E-state index < -0.39 is 15.9 Å². The van der Waals surface area contributed by atoms with Crippen LogP contribution in [-0.4, -0.2) is 26.8 Å². The van der Waals surface area contributed by atoms with Crippen LogP contribution in [0.3, 0.4) is 0 Å². The molecule has 3 N–H and O–H groups in total. The summed E-state index contributed by atoms with van der Waals surface area (Å²) >= 11 is 25.3. The van der Waals surface area contributed by atoms with Crippen molar-refractivity contribution >= 4 is 92.1 Å². The summed E-state index contributed by atoms with van der Waals surface area (Å²) in [5, 5.41) is 8.45. The van der Waals surface area contributed by atoms with E-state index in [9.17, 15) is 9.59 Å². The molecule has 1 atom stereocenters. The van der Waals surface area contributed by atoms with Gasteiger partial charge in [-0.15, -0.1) is 0 Å². The number of carbonyl (C=O) groups is 2. The number of Topliss-reactive ketones (excluding diaryl/α,β-unsaturated/α-hetero) is 1. The summed E-state index contributed by atoms with van der Waals surface area (Å²) in [5.41, 5.74) is 1.63. The van der Waals surface area contributed by atoms with Gasteiger partial charge in [0.05, 0.1) is 0 Å². The molecule has 0 aromatic heterocycles. The van der Waals surface area contributed by atoms with Crippen LogP contribution in [0.1, 0.15) is 27.6 Å². The Hall–Kier alpha value is -1.13. The summed E-state index contributed by atoms with van der Waals surface area (Å²) in [6.07, 6.45) is -1.08. The lowest BCUT2D eigenvalue weighted by Gasteiger charge is -2.27. The molecule has 2 rings (SSSR count). The molecule has 2 aromatic carbocycles. The molecule has 0 saturated heterocycles. The molecule has 5 nitrogen and oxygen atoms in total. The van der Waals surface area contributed by atoms with E-state index in [4.69, 9.17) is 47.0 Å². The molecule has 148 valence electrons. The van der Waals surface area contributed by atoms with Crippen molar-refractivity contribution in [2.75, 3.05) is 5.32 Å². The number of rotatable bonds is 5. The van der Waals surface area contributed by atoms with E-state index in [1.807, 2.05) is 6.07 Å². The SMILES string of the molecule is CC(=O)c1ccc(NC(=S)NC(NC(=O)c2cccc(I)c2)C(Cl)(Cl)Cl)cc1. The predicted molar refractivity (Wildman–Crippen MR) is 127 cm³/mol. The van der Waals surface area contributed by atoms with Crippen molar-refractivity contribution in [3.63, 3.8) is 0 Å². The van der Waals surface area contributed by atoms with E-state index in [0.29, 0.717) is 16.8 Å². The third-order valence-electron chi connectivity index (χ3n) is 3.51. The van der Waals surface area contributed by atoms with Crippen molar-refractivity contribution in [1.29, 1.82) is 0 Å². The lowest BCUT2D eigenvalue weighted by atomic mass is 10.1. The summed E-state index contributed by atoms with van der Waals surface area (Å²) < 4.78 is -0.961. The van der Waals surface area contributed by atoms with E-state index in [0.717, 1.165) is 3.57 Å². The van der Waals surface area contributed by atoms with Crippen LogP contribution < -0.4 is 16.0 Å². The largest absolute Gasteiger partial charge is 0.339 e. The standard InChI is InChI=1S/C18H15Cl3IN3O2S/c1-10(26)11-5-7-14(8-6-11)23-17(28)25-16(18(19,20)21)24-15(27)12-3-2-4-13(22)9-12/h2-9,16H,1H3,(H,24,27)(H2,23,25,28). The summed E-state index contributed by atoms with van der Waals surface area (Å²) in [4.78, 5) is 23.8. The zero-order valence-corrected chi connectivity index (χ0v) is 19.7. The van der Waals surface area contributed by atoms with Crippen molar-refractivity contribution < 1.29 is 9.59 Å². The fourth-order valence-electron chi connectivity index (χ4n) is 2.13. The molecule has 0 spiro atoms. The van der Waals surface area contributed by atoms with E-state index in [2.05, 4.69) is 38.5 Å². The first-order valence-electron chi connectivity index (χ1n) is 7.88. The van der Waals surface area contributed by atoms with E-state index in [-0.39, 0.29) is 10.9 Å². The van der Waals surface area contributed by atoms with Gasteiger partial charge in [-0.1, -0.05) is 40.9 Å². The zero-order chi connectivity index (χ0) is 20.9. The third kappa shape index (κ3) is 7.04. The van der Waals surface area contributed by atoms with Crippen LogP contribution in [0.4, 0.5) is 5.69 Å². The highest BCUT2D eigenvalue weighted by molar-refractivity contribution is 14.1. The van der Waals surface area contributed by atoms with Crippen molar-refractivity contribution in [2.45, 2.75) is 16.9 Å². The fraction of sp³-hybridized carbons (Fsp3) is 0.167. The number of nitrogens with one attached hydrogen (secondary N) is 3. The van der Waals surface area contributed by atoms with Crippen molar-refractivity contribution in [2.24, 2.45) is 0 Å². The van der Waals surface area contributed by atoms with Crippen LogP contribution in [0.5, 0.6) is 0 Å². The second-order valence-electron chi connectivity index (χ2n) is 5.69. The Morgan fingerprint density at radius 2 is 1.68 bits per heavy atom. The van der Waals surface area contributed by atoms with Gasteiger partial charge >= 0.3 is 0 Å². The summed E-state index contributed by atoms with van der Waals surface area (Å²) in [7, 11) is 0. The number of thiocarbonyl (C=S) groups is 1. The van der Waals surface area contributed by atoms with Crippen molar-refractivity contribution in [1.82, 2.24) is 10.6 Å². The van der Waals surface area contributed by atoms with Crippen LogP contribution in [0.25, 0.3) is 0 Å². The quantitative estimate of drug-likeness (QED) is 0.157. The topological polar surface area (TPSA) is 70.2 Å². The summed E-state index contributed by atoms with van der Waals surface area (Å²) in [5.74, 6) is -0.460. The van der Waals surface area contributed by atoms with E-state index in [1.165, 1.54) is 6.92 Å². The van der Waals surface area contributed by atoms with E-state index in [1.54, 1.807) is 42.5 Å². The number of carbonyl (C=O) groups excluding carboxylic acids is 2. The van der Waals surface area contributed by atoms with Crippen LogP contribution in [0.15, 0.2) is 48.5 Å². The number of anilines is 1. The van der Waals surface area contributed by atoms with Crippen LogP contribution in [0.2, 0.25) is 0 Å². The number of amides is 1. The van der Waals surface area contributed by atoms with Crippen LogP contribution in [0, 0.1) is 3.57 Å². The first kappa shape index (κ1) is 23.2. The molecule has 0 aliphatic carbocycles. The van der Waals surface area contributed by atoms with Crippen LogP contribution in [-0.2, 0) is 0 Å². The molecule has 0 saturated carbocycles. The second-order valence-corrected chi connectivity index (χ2v) is 9.71. The lowest BCUT2D eigenvalue weighted by molar-refractivity contribution is 0.0933. The molecule has 1 amide bonds. The first-order chi connectivity index (χ1) is 13.1. The Kier molecular flexibility index (Phi) is 8.32. The molecular formula is C18H15Cl3IN3O2S. The van der Waals surface area contributed by atoms with Gasteiger partial charge in [-0.3, -0.25) is 9.59 Å². The van der Waals surface area contributed by atoms with Gasteiger partial charge in [-0.05, 0) is 84.2 Å². The summed E-state index contributed by atoms with van der Waals surface area (Å²) in [6, 6.07) is 13.7. The molecule has 0 fully saturated rings. The molecular weight excluding hydrogens is 556 g/mol. The molecule has 1 unspecified atom stereocenters. The third-order valence-corrected chi connectivity index (χ3v) is 5.06. The smallest absolute Gasteiger partial charge is 0.253 e. The van der Waals surface area contributed by atoms with Gasteiger partial charge in [0.1, 0.15) is 6.17 Å². The Morgan fingerprint density at radius 1 is 1.04 bits per heavy atom. The second kappa shape index (κ2) is 10.1. The first-order valence-corrected chi connectivity index (χ1v) is 10.5. The normalized spacial score (nSPS) is 12.0. The Labute approximate surface area is 196 Å². The summed E-state index contributed by atoms with van der Waals surface area (Å²) in [6.45, 7) is 1.48. The average molecular weight is 571 g/mol. The Bertz CT molecular complexity index is 888. The van der Waals surface area contributed by atoms with Gasteiger partial charge in [-0.25, -0.2) is 0 Å². The molecule has 0 bridgehead atoms. The molecule has 0 aliphatic rings.